The largest absolute Gasteiger partial charge is 0.241 e. The van der Waals surface area contributed by atoms with Gasteiger partial charge in [0.1, 0.15) is 6.07 Å². The molecular weight excluding hydrogens is 290 g/mol. The predicted molar refractivity (Wildman–Crippen MR) is 92.5 cm³/mol. The molecule has 0 fully saturated rings. The fourth-order valence-electron chi connectivity index (χ4n) is 2.27. The number of aromatic nitrogens is 2. The minimum Gasteiger partial charge on any atom is -0.241 e. The van der Waals surface area contributed by atoms with Gasteiger partial charge in [0.2, 0.25) is 0 Å². The normalized spacial score (nSPS) is 10.6. The molecule has 116 valence electrons. The first-order valence-electron chi connectivity index (χ1n) is 7.99. The van der Waals surface area contributed by atoms with E-state index in [4.69, 9.17) is 0 Å². The highest BCUT2D eigenvalue weighted by Crippen LogP contribution is 2.26. The van der Waals surface area contributed by atoms with Crippen LogP contribution in [0.5, 0.6) is 0 Å². The maximum absolute atomic E-state index is 9.39. The Hall–Kier alpha value is -1.73. The average molecular weight is 313 g/mol. The fraction of sp³-hybridized carbons (Fsp3) is 0.444. The summed E-state index contributed by atoms with van der Waals surface area (Å²) < 4.78 is 1.84. The van der Waals surface area contributed by atoms with Gasteiger partial charge in [0.25, 0.3) is 0 Å². The van der Waals surface area contributed by atoms with E-state index < -0.39 is 0 Å². The third-order valence-corrected chi connectivity index (χ3v) is 4.81. The average Bonchev–Trinajstić information content (AvgIpc) is 3.04. The summed E-state index contributed by atoms with van der Waals surface area (Å²) in [6, 6.07) is 8.34. The molecule has 0 unspecified atom stereocenters. The number of hydrogen-bond acceptors (Lipinski definition) is 3. The lowest BCUT2D eigenvalue weighted by Gasteiger charge is -2.07. The summed E-state index contributed by atoms with van der Waals surface area (Å²) in [5.74, 6) is 1.08. The van der Waals surface area contributed by atoms with Gasteiger partial charge in [0.05, 0.1) is 17.4 Å². The standard InChI is InChI=1S/C18H23N3S/c1-3-5-6-7-10-22-18-9-8-17(11-16(18)12-19)21-14-15(4-2)13-20-21/h8-9,11,13-14H,3-7,10H2,1-2H3. The van der Waals surface area contributed by atoms with Crippen LogP contribution in [0.1, 0.15) is 50.7 Å². The quantitative estimate of drug-likeness (QED) is 0.510. The zero-order valence-electron chi connectivity index (χ0n) is 13.4. The first-order valence-corrected chi connectivity index (χ1v) is 8.98. The first kappa shape index (κ1) is 16.6. The number of nitrogens with zero attached hydrogens (tertiary/aromatic N) is 3. The van der Waals surface area contributed by atoms with Crippen molar-refractivity contribution in [1.29, 1.82) is 5.26 Å². The molecule has 2 rings (SSSR count). The van der Waals surface area contributed by atoms with Crippen LogP contribution >= 0.6 is 11.8 Å². The fourth-order valence-corrected chi connectivity index (χ4v) is 3.26. The van der Waals surface area contributed by atoms with E-state index in [2.05, 4.69) is 25.0 Å². The van der Waals surface area contributed by atoms with E-state index in [0.29, 0.717) is 0 Å². The molecule has 0 aliphatic rings. The van der Waals surface area contributed by atoms with Gasteiger partial charge in [0.15, 0.2) is 0 Å². The zero-order valence-corrected chi connectivity index (χ0v) is 14.2. The Morgan fingerprint density at radius 1 is 1.23 bits per heavy atom. The Morgan fingerprint density at radius 3 is 2.77 bits per heavy atom. The monoisotopic (exact) mass is 313 g/mol. The Balaban J connectivity index is 2.06. The molecule has 22 heavy (non-hydrogen) atoms. The van der Waals surface area contributed by atoms with Crippen LogP contribution in [0.4, 0.5) is 0 Å². The van der Waals surface area contributed by atoms with Crippen molar-refractivity contribution in [2.75, 3.05) is 5.75 Å². The molecule has 1 heterocycles. The second-order valence-corrected chi connectivity index (χ2v) is 6.48. The number of nitriles is 1. The summed E-state index contributed by atoms with van der Waals surface area (Å²) in [6.07, 6.45) is 9.91. The SMILES string of the molecule is CCCCCCSc1ccc(-n2cc(CC)cn2)cc1C#N. The highest BCUT2D eigenvalue weighted by molar-refractivity contribution is 7.99. The molecule has 0 amide bonds. The molecule has 0 bridgehead atoms. The van der Waals surface area contributed by atoms with Crippen molar-refractivity contribution >= 4 is 11.8 Å². The van der Waals surface area contributed by atoms with Crippen LogP contribution in [-0.2, 0) is 6.42 Å². The summed E-state index contributed by atoms with van der Waals surface area (Å²) in [4.78, 5) is 1.07. The Bertz CT molecular complexity index is 640. The second-order valence-electron chi connectivity index (χ2n) is 5.35. The molecule has 0 aliphatic heterocycles. The number of benzene rings is 1. The number of unbranched alkanes of at least 4 members (excludes halogenated alkanes) is 3. The molecule has 0 saturated carbocycles. The van der Waals surface area contributed by atoms with Crippen molar-refractivity contribution in [1.82, 2.24) is 9.78 Å². The van der Waals surface area contributed by atoms with Crippen LogP contribution < -0.4 is 0 Å². The van der Waals surface area contributed by atoms with Crippen LogP contribution in [0.2, 0.25) is 0 Å². The van der Waals surface area contributed by atoms with Crippen molar-refractivity contribution in [3.05, 3.63) is 41.7 Å². The molecule has 4 heteroatoms. The minimum absolute atomic E-state index is 0.742. The van der Waals surface area contributed by atoms with Gasteiger partial charge in [-0.1, -0.05) is 33.1 Å². The van der Waals surface area contributed by atoms with Crippen molar-refractivity contribution in [2.24, 2.45) is 0 Å². The molecule has 0 atom stereocenters. The van der Waals surface area contributed by atoms with Gasteiger partial charge in [-0.2, -0.15) is 10.4 Å². The van der Waals surface area contributed by atoms with E-state index in [1.54, 1.807) is 11.8 Å². The van der Waals surface area contributed by atoms with E-state index in [0.717, 1.165) is 28.3 Å². The number of hydrogen-bond donors (Lipinski definition) is 0. The van der Waals surface area contributed by atoms with Crippen molar-refractivity contribution in [2.45, 2.75) is 50.8 Å². The maximum atomic E-state index is 9.39. The van der Waals surface area contributed by atoms with E-state index in [1.807, 2.05) is 35.3 Å². The highest BCUT2D eigenvalue weighted by atomic mass is 32.2. The lowest BCUT2D eigenvalue weighted by atomic mass is 10.2. The molecule has 0 aliphatic carbocycles. The van der Waals surface area contributed by atoms with Gasteiger partial charge in [-0.3, -0.25) is 0 Å². The highest BCUT2D eigenvalue weighted by Gasteiger charge is 2.07. The lowest BCUT2D eigenvalue weighted by Crippen LogP contribution is -1.96. The minimum atomic E-state index is 0.742. The van der Waals surface area contributed by atoms with Gasteiger partial charge in [-0.15, -0.1) is 11.8 Å². The Labute approximate surface area is 137 Å². The first-order chi connectivity index (χ1) is 10.8. The van der Waals surface area contributed by atoms with Gasteiger partial charge >= 0.3 is 0 Å². The summed E-state index contributed by atoms with van der Waals surface area (Å²) in [6.45, 7) is 4.33. The van der Waals surface area contributed by atoms with E-state index >= 15 is 0 Å². The van der Waals surface area contributed by atoms with Crippen LogP contribution in [0, 0.1) is 11.3 Å². The van der Waals surface area contributed by atoms with Crippen molar-refractivity contribution in [3.63, 3.8) is 0 Å². The zero-order chi connectivity index (χ0) is 15.8. The second kappa shape index (κ2) is 8.65. The number of thioether (sulfide) groups is 1. The molecule has 0 spiro atoms. The smallest absolute Gasteiger partial charge is 0.100 e. The third-order valence-electron chi connectivity index (χ3n) is 3.65. The van der Waals surface area contributed by atoms with E-state index in [-0.39, 0.29) is 0 Å². The molecule has 1 aromatic heterocycles. The van der Waals surface area contributed by atoms with Gasteiger partial charge in [-0.25, -0.2) is 4.68 Å². The topological polar surface area (TPSA) is 41.6 Å². The predicted octanol–water partition coefficient (Wildman–Crippen LogP) is 4.98. The Kier molecular flexibility index (Phi) is 6.54. The molecule has 1 aromatic carbocycles. The van der Waals surface area contributed by atoms with Crippen LogP contribution in [-0.4, -0.2) is 15.5 Å². The lowest BCUT2D eigenvalue weighted by molar-refractivity contribution is 0.706. The number of rotatable bonds is 8. The Morgan fingerprint density at radius 2 is 2.09 bits per heavy atom. The molecule has 0 radical (unpaired) electrons. The summed E-state index contributed by atoms with van der Waals surface area (Å²) >= 11 is 1.78. The van der Waals surface area contributed by atoms with E-state index in [9.17, 15) is 5.26 Å². The number of aryl methyl sites for hydroxylation is 1. The molecule has 0 N–H and O–H groups in total. The van der Waals surface area contributed by atoms with Gasteiger partial charge < -0.3 is 0 Å². The van der Waals surface area contributed by atoms with Crippen LogP contribution in [0.25, 0.3) is 5.69 Å². The molecule has 0 saturated heterocycles. The van der Waals surface area contributed by atoms with Crippen molar-refractivity contribution < 1.29 is 0 Å². The van der Waals surface area contributed by atoms with Gasteiger partial charge in [-0.05, 0) is 42.4 Å². The van der Waals surface area contributed by atoms with Crippen LogP contribution in [0.15, 0.2) is 35.5 Å². The van der Waals surface area contributed by atoms with E-state index in [1.165, 1.54) is 31.2 Å². The molecule has 2 aromatic rings. The summed E-state index contributed by atoms with van der Waals surface area (Å²) in [5, 5.41) is 13.7. The summed E-state index contributed by atoms with van der Waals surface area (Å²) in [5.41, 5.74) is 2.89. The van der Waals surface area contributed by atoms with Gasteiger partial charge in [0, 0.05) is 11.1 Å². The van der Waals surface area contributed by atoms with Crippen LogP contribution in [0.3, 0.4) is 0 Å². The third kappa shape index (κ3) is 4.38. The summed E-state index contributed by atoms with van der Waals surface area (Å²) in [7, 11) is 0. The van der Waals surface area contributed by atoms with Crippen molar-refractivity contribution in [3.8, 4) is 11.8 Å². The molecule has 3 nitrogen and oxygen atoms in total. The maximum Gasteiger partial charge on any atom is 0.100 e. The molecular formula is C18H23N3S.